The average molecular weight is 478 g/mol. The molecule has 0 aromatic heterocycles. The van der Waals surface area contributed by atoms with Crippen LogP contribution in [-0.2, 0) is 0 Å². The molecule has 0 spiro atoms. The van der Waals surface area contributed by atoms with Crippen molar-refractivity contribution in [2.45, 2.75) is 45.2 Å². The van der Waals surface area contributed by atoms with Crippen molar-refractivity contribution < 1.29 is 13.9 Å². The molecular formula is C29H36FN3O2. The van der Waals surface area contributed by atoms with Crippen LogP contribution >= 0.6 is 0 Å². The Morgan fingerprint density at radius 3 is 2.31 bits per heavy atom. The Morgan fingerprint density at radius 2 is 1.69 bits per heavy atom. The summed E-state index contributed by atoms with van der Waals surface area (Å²) in [5, 5.41) is 9.13. The minimum atomic E-state index is -1.15. The van der Waals surface area contributed by atoms with E-state index >= 15 is 0 Å². The van der Waals surface area contributed by atoms with Gasteiger partial charge in [0.1, 0.15) is 11.4 Å². The maximum atomic E-state index is 13.9. The fourth-order valence-electron chi connectivity index (χ4n) is 5.09. The van der Waals surface area contributed by atoms with Crippen LogP contribution in [0.3, 0.4) is 0 Å². The van der Waals surface area contributed by atoms with Crippen molar-refractivity contribution in [1.82, 2.24) is 9.80 Å². The SMILES string of the molecule is CC(C)(F)CN1CCC(COc2ccc(-c3ccccc3C(=O)N3CCC(C#N)CC3)cc2)CC1. The summed E-state index contributed by atoms with van der Waals surface area (Å²) in [5.41, 5.74) is 1.44. The Labute approximate surface area is 208 Å². The number of hydrogen-bond donors (Lipinski definition) is 0. The Kier molecular flexibility index (Phi) is 8.07. The van der Waals surface area contributed by atoms with Gasteiger partial charge in [0.25, 0.3) is 5.91 Å². The number of piperidine rings is 2. The number of hydrogen-bond acceptors (Lipinski definition) is 4. The molecule has 0 atom stereocenters. The molecule has 0 unspecified atom stereocenters. The number of ether oxygens (including phenoxy) is 1. The van der Waals surface area contributed by atoms with Crippen molar-refractivity contribution >= 4 is 5.91 Å². The van der Waals surface area contributed by atoms with Gasteiger partial charge in [0.05, 0.1) is 12.7 Å². The molecule has 0 saturated carbocycles. The van der Waals surface area contributed by atoms with Crippen molar-refractivity contribution in [1.29, 1.82) is 5.26 Å². The van der Waals surface area contributed by atoms with Gasteiger partial charge in [-0.15, -0.1) is 0 Å². The highest BCUT2D eigenvalue weighted by atomic mass is 19.1. The molecule has 0 aliphatic carbocycles. The maximum Gasteiger partial charge on any atom is 0.254 e. The highest BCUT2D eigenvalue weighted by molar-refractivity contribution is 6.01. The Bertz CT molecular complexity index is 1030. The highest BCUT2D eigenvalue weighted by Gasteiger charge is 2.26. The van der Waals surface area contributed by atoms with E-state index in [9.17, 15) is 9.18 Å². The second-order valence-corrected chi connectivity index (χ2v) is 10.5. The van der Waals surface area contributed by atoms with Crippen LogP contribution in [0.2, 0.25) is 0 Å². The van der Waals surface area contributed by atoms with Crippen LogP contribution in [0.15, 0.2) is 48.5 Å². The molecule has 1 amide bonds. The molecule has 2 heterocycles. The summed E-state index contributed by atoms with van der Waals surface area (Å²) in [6, 6.07) is 18.0. The minimum absolute atomic E-state index is 0.0276. The lowest BCUT2D eigenvalue weighted by molar-refractivity contribution is 0.0708. The zero-order chi connectivity index (χ0) is 24.8. The minimum Gasteiger partial charge on any atom is -0.493 e. The van der Waals surface area contributed by atoms with Crippen molar-refractivity contribution in [3.8, 4) is 22.9 Å². The monoisotopic (exact) mass is 477 g/mol. The molecule has 2 aliphatic heterocycles. The maximum absolute atomic E-state index is 13.9. The van der Waals surface area contributed by atoms with E-state index in [1.165, 1.54) is 0 Å². The van der Waals surface area contributed by atoms with Gasteiger partial charge in [-0.1, -0.05) is 30.3 Å². The molecule has 5 nitrogen and oxygen atoms in total. The summed E-state index contributed by atoms with van der Waals surface area (Å²) >= 11 is 0. The van der Waals surface area contributed by atoms with E-state index in [1.54, 1.807) is 13.8 Å². The third-order valence-electron chi connectivity index (χ3n) is 7.08. The van der Waals surface area contributed by atoms with E-state index in [2.05, 4.69) is 11.0 Å². The molecular weight excluding hydrogens is 441 g/mol. The first-order chi connectivity index (χ1) is 16.8. The lowest BCUT2D eigenvalue weighted by Gasteiger charge is -2.34. The second kappa shape index (κ2) is 11.2. The third kappa shape index (κ3) is 6.82. The van der Waals surface area contributed by atoms with E-state index in [4.69, 9.17) is 10.00 Å². The van der Waals surface area contributed by atoms with Gasteiger partial charge in [-0.3, -0.25) is 4.79 Å². The molecule has 2 fully saturated rings. The van der Waals surface area contributed by atoms with Crippen LogP contribution in [-0.4, -0.2) is 60.7 Å². The third-order valence-corrected chi connectivity index (χ3v) is 7.08. The van der Waals surface area contributed by atoms with Gasteiger partial charge in [0, 0.05) is 31.1 Å². The van der Waals surface area contributed by atoms with Crippen LogP contribution in [0.4, 0.5) is 4.39 Å². The number of rotatable bonds is 7. The number of halogens is 1. The lowest BCUT2D eigenvalue weighted by atomic mass is 9.95. The summed E-state index contributed by atoms with van der Waals surface area (Å²) in [6.45, 7) is 7.52. The molecule has 2 aromatic carbocycles. The predicted octanol–water partition coefficient (Wildman–Crippen LogP) is 5.57. The summed E-state index contributed by atoms with van der Waals surface area (Å²) in [6.07, 6.45) is 3.52. The molecule has 35 heavy (non-hydrogen) atoms. The van der Waals surface area contributed by atoms with Gasteiger partial charge in [0.2, 0.25) is 0 Å². The Morgan fingerprint density at radius 1 is 1.03 bits per heavy atom. The van der Waals surface area contributed by atoms with Crippen LogP contribution in [0, 0.1) is 23.2 Å². The molecule has 186 valence electrons. The molecule has 0 radical (unpaired) electrons. The van der Waals surface area contributed by atoms with E-state index in [1.807, 2.05) is 53.4 Å². The second-order valence-electron chi connectivity index (χ2n) is 10.5. The number of carbonyl (C=O) groups excluding carboxylic acids is 1. The summed E-state index contributed by atoms with van der Waals surface area (Å²) in [4.78, 5) is 17.3. The van der Waals surface area contributed by atoms with Crippen LogP contribution < -0.4 is 4.74 Å². The number of likely N-dealkylation sites (tertiary alicyclic amines) is 2. The zero-order valence-corrected chi connectivity index (χ0v) is 20.9. The van der Waals surface area contributed by atoms with Crippen molar-refractivity contribution in [2.75, 3.05) is 39.3 Å². The molecule has 2 aromatic rings. The standard InChI is InChI=1S/C29H36FN3O2/c1-29(2,30)21-32-15-11-23(12-16-32)20-35-25-9-7-24(8-10-25)26-5-3-4-6-27(26)28(34)33-17-13-22(19-31)14-18-33/h3-10,22-23H,11-18,20-21H2,1-2H3. The van der Waals surface area contributed by atoms with Gasteiger partial charge >= 0.3 is 0 Å². The fraction of sp³-hybridized carbons (Fsp3) is 0.517. The van der Waals surface area contributed by atoms with Gasteiger partial charge < -0.3 is 14.5 Å². The van der Waals surface area contributed by atoms with E-state index < -0.39 is 5.67 Å². The summed E-state index contributed by atoms with van der Waals surface area (Å²) in [7, 11) is 0. The molecule has 2 aliphatic rings. The van der Waals surface area contributed by atoms with Gasteiger partial charge in [0.15, 0.2) is 0 Å². The van der Waals surface area contributed by atoms with Crippen molar-refractivity contribution in [3.05, 3.63) is 54.1 Å². The molecule has 4 rings (SSSR count). The molecule has 0 bridgehead atoms. The van der Waals surface area contributed by atoms with Crippen molar-refractivity contribution in [2.24, 2.45) is 11.8 Å². The molecule has 2 saturated heterocycles. The Balaban J connectivity index is 1.33. The van der Waals surface area contributed by atoms with E-state index in [0.29, 0.717) is 37.7 Å². The van der Waals surface area contributed by atoms with Crippen LogP contribution in [0.25, 0.3) is 11.1 Å². The van der Waals surface area contributed by atoms with Crippen LogP contribution in [0.1, 0.15) is 49.9 Å². The first-order valence-corrected chi connectivity index (χ1v) is 12.7. The molecule has 0 N–H and O–H groups in total. The molecule has 6 heteroatoms. The summed E-state index contributed by atoms with van der Waals surface area (Å²) in [5.74, 6) is 1.39. The first-order valence-electron chi connectivity index (χ1n) is 12.7. The number of nitrogens with zero attached hydrogens (tertiary/aromatic N) is 3. The van der Waals surface area contributed by atoms with Crippen molar-refractivity contribution in [3.63, 3.8) is 0 Å². The van der Waals surface area contributed by atoms with E-state index in [0.717, 1.165) is 55.6 Å². The number of amides is 1. The topological polar surface area (TPSA) is 56.6 Å². The number of alkyl halides is 1. The quantitative estimate of drug-likeness (QED) is 0.523. The van der Waals surface area contributed by atoms with E-state index in [-0.39, 0.29) is 11.8 Å². The smallest absolute Gasteiger partial charge is 0.254 e. The van der Waals surface area contributed by atoms with Gasteiger partial charge in [-0.05, 0) is 87.9 Å². The summed E-state index contributed by atoms with van der Waals surface area (Å²) < 4.78 is 20.0. The Hall–Kier alpha value is -2.91. The first kappa shape index (κ1) is 25.2. The van der Waals surface area contributed by atoms with Gasteiger partial charge in [-0.25, -0.2) is 4.39 Å². The normalized spacial score (nSPS) is 18.3. The number of benzene rings is 2. The average Bonchev–Trinajstić information content (AvgIpc) is 2.87. The highest BCUT2D eigenvalue weighted by Crippen LogP contribution is 2.29. The number of nitriles is 1. The number of carbonyl (C=O) groups is 1. The zero-order valence-electron chi connectivity index (χ0n) is 20.9. The fourth-order valence-corrected chi connectivity index (χ4v) is 5.09. The predicted molar refractivity (Wildman–Crippen MR) is 136 cm³/mol. The lowest BCUT2D eigenvalue weighted by Crippen LogP contribution is -2.41. The largest absolute Gasteiger partial charge is 0.493 e. The van der Waals surface area contributed by atoms with Crippen LogP contribution in [0.5, 0.6) is 5.75 Å². The van der Waals surface area contributed by atoms with Gasteiger partial charge in [-0.2, -0.15) is 5.26 Å².